The second kappa shape index (κ2) is 9.89. The Balaban J connectivity index is 1.72. The first kappa shape index (κ1) is 20.7. The molecule has 27 heavy (non-hydrogen) atoms. The predicted molar refractivity (Wildman–Crippen MR) is 95.7 cm³/mol. The number of rotatable bonds is 6. The maximum Gasteiger partial charge on any atom is 0.321 e. The van der Waals surface area contributed by atoms with Gasteiger partial charge < -0.3 is 14.8 Å². The average Bonchev–Trinajstić information content (AvgIpc) is 2.62. The number of ether oxygens (including phenoxy) is 2. The number of amides is 3. The van der Waals surface area contributed by atoms with Crippen LogP contribution in [0.1, 0.15) is 38.2 Å². The summed E-state index contributed by atoms with van der Waals surface area (Å²) < 4.78 is 23.2. The Labute approximate surface area is 157 Å². The van der Waals surface area contributed by atoms with E-state index in [1.165, 1.54) is 25.3 Å². The fourth-order valence-electron chi connectivity index (χ4n) is 3.08. The molecule has 1 aliphatic carbocycles. The lowest BCUT2D eigenvalue weighted by molar-refractivity contribution is -0.147. The molecule has 0 spiro atoms. The van der Waals surface area contributed by atoms with Crippen molar-refractivity contribution in [3.05, 3.63) is 29.6 Å². The first-order chi connectivity index (χ1) is 12.9. The van der Waals surface area contributed by atoms with Crippen LogP contribution in [-0.4, -0.2) is 37.7 Å². The van der Waals surface area contributed by atoms with E-state index in [0.29, 0.717) is 11.5 Å². The third kappa shape index (κ3) is 6.54. The van der Waals surface area contributed by atoms with E-state index in [4.69, 9.17) is 9.47 Å². The molecule has 1 fully saturated rings. The summed E-state index contributed by atoms with van der Waals surface area (Å²) in [6, 6.07) is 3.55. The van der Waals surface area contributed by atoms with E-state index < -0.39 is 30.3 Å². The zero-order valence-electron chi connectivity index (χ0n) is 15.5. The van der Waals surface area contributed by atoms with Gasteiger partial charge in [0.2, 0.25) is 0 Å². The van der Waals surface area contributed by atoms with Crippen LogP contribution in [0.5, 0.6) is 5.75 Å². The van der Waals surface area contributed by atoms with Crippen LogP contribution >= 0.6 is 0 Å². The van der Waals surface area contributed by atoms with Crippen molar-refractivity contribution in [1.29, 1.82) is 0 Å². The third-order valence-electron chi connectivity index (χ3n) is 4.61. The van der Waals surface area contributed by atoms with Crippen molar-refractivity contribution in [2.45, 2.75) is 45.1 Å². The molecule has 7 nitrogen and oxygen atoms in total. The highest BCUT2D eigenvalue weighted by Crippen LogP contribution is 2.23. The second-order valence-electron chi connectivity index (χ2n) is 6.70. The van der Waals surface area contributed by atoms with Crippen molar-refractivity contribution in [2.24, 2.45) is 5.92 Å². The molecular formula is C19H25FN2O5. The van der Waals surface area contributed by atoms with Crippen LogP contribution in [0, 0.1) is 11.7 Å². The quantitative estimate of drug-likeness (QED) is 0.739. The minimum Gasteiger partial charge on any atom is -0.494 e. The van der Waals surface area contributed by atoms with Gasteiger partial charge in [-0.3, -0.25) is 14.9 Å². The highest BCUT2D eigenvalue weighted by Gasteiger charge is 2.23. The van der Waals surface area contributed by atoms with Gasteiger partial charge in [-0.2, -0.15) is 0 Å². The molecule has 2 rings (SSSR count). The maximum atomic E-state index is 13.6. The van der Waals surface area contributed by atoms with Gasteiger partial charge in [-0.15, -0.1) is 0 Å². The molecule has 2 atom stereocenters. The molecule has 0 unspecified atom stereocenters. The number of esters is 1. The highest BCUT2D eigenvalue weighted by atomic mass is 19.1. The summed E-state index contributed by atoms with van der Waals surface area (Å²) in [5.41, 5.74) is 0.391. The topological polar surface area (TPSA) is 93.7 Å². The minimum atomic E-state index is -0.717. The van der Waals surface area contributed by atoms with Gasteiger partial charge in [0, 0.05) is 6.04 Å². The number of imide groups is 1. The lowest BCUT2D eigenvalue weighted by atomic mass is 9.86. The van der Waals surface area contributed by atoms with E-state index in [9.17, 15) is 18.8 Å². The van der Waals surface area contributed by atoms with Gasteiger partial charge in [-0.05, 0) is 36.5 Å². The SMILES string of the molecule is COc1ccc(CC(=O)OCC(=O)NC(=O)N[C@@H]2CCCC[C@H]2C)cc1F. The number of carbonyl (C=O) groups is 3. The zero-order valence-corrected chi connectivity index (χ0v) is 15.5. The molecule has 0 radical (unpaired) electrons. The first-order valence-electron chi connectivity index (χ1n) is 8.97. The molecule has 0 aliphatic heterocycles. The van der Waals surface area contributed by atoms with Crippen LogP contribution in [0.4, 0.5) is 9.18 Å². The zero-order chi connectivity index (χ0) is 19.8. The molecule has 1 aromatic carbocycles. The summed E-state index contributed by atoms with van der Waals surface area (Å²) in [6.45, 7) is 1.49. The molecule has 0 bridgehead atoms. The van der Waals surface area contributed by atoms with Crippen LogP contribution in [0.15, 0.2) is 18.2 Å². The molecule has 0 heterocycles. The molecule has 2 N–H and O–H groups in total. The fraction of sp³-hybridized carbons (Fsp3) is 0.526. The fourth-order valence-corrected chi connectivity index (χ4v) is 3.08. The van der Waals surface area contributed by atoms with Crippen molar-refractivity contribution in [3.63, 3.8) is 0 Å². The van der Waals surface area contributed by atoms with E-state index >= 15 is 0 Å². The van der Waals surface area contributed by atoms with Gasteiger partial charge in [-0.25, -0.2) is 9.18 Å². The molecule has 8 heteroatoms. The Bertz CT molecular complexity index is 695. The van der Waals surface area contributed by atoms with Crippen LogP contribution in [0.2, 0.25) is 0 Å². The molecule has 1 aliphatic rings. The number of urea groups is 1. The van der Waals surface area contributed by atoms with Gasteiger partial charge in [0.05, 0.1) is 13.5 Å². The predicted octanol–water partition coefficient (Wildman–Crippen LogP) is 2.32. The summed E-state index contributed by atoms with van der Waals surface area (Å²) in [5, 5.41) is 4.93. The van der Waals surface area contributed by atoms with Crippen molar-refractivity contribution in [1.82, 2.24) is 10.6 Å². The van der Waals surface area contributed by atoms with E-state index in [2.05, 4.69) is 17.6 Å². The van der Waals surface area contributed by atoms with Crippen LogP contribution < -0.4 is 15.4 Å². The van der Waals surface area contributed by atoms with Gasteiger partial charge in [0.1, 0.15) is 0 Å². The van der Waals surface area contributed by atoms with Crippen molar-refractivity contribution in [3.8, 4) is 5.75 Å². The summed E-state index contributed by atoms with van der Waals surface area (Å²) >= 11 is 0. The Morgan fingerprint density at radius 3 is 2.63 bits per heavy atom. The van der Waals surface area contributed by atoms with E-state index in [1.54, 1.807) is 0 Å². The number of halogens is 1. The van der Waals surface area contributed by atoms with Crippen LogP contribution in [-0.2, 0) is 20.7 Å². The van der Waals surface area contributed by atoms with Gasteiger partial charge in [-0.1, -0.05) is 25.8 Å². The monoisotopic (exact) mass is 380 g/mol. The van der Waals surface area contributed by atoms with Gasteiger partial charge in [0.25, 0.3) is 5.91 Å². The largest absolute Gasteiger partial charge is 0.494 e. The molecule has 0 aromatic heterocycles. The summed E-state index contributed by atoms with van der Waals surface area (Å²) in [6.07, 6.45) is 3.93. The Kier molecular flexibility index (Phi) is 7.57. The van der Waals surface area contributed by atoms with Gasteiger partial charge >= 0.3 is 12.0 Å². The summed E-state index contributed by atoms with van der Waals surface area (Å²) in [4.78, 5) is 35.4. The standard InChI is InChI=1S/C19H25FN2O5/c1-12-5-3-4-6-15(12)21-19(25)22-17(23)11-27-18(24)10-13-7-8-16(26-2)14(20)9-13/h7-9,12,15H,3-6,10-11H2,1-2H3,(H2,21,22,23,25)/t12-,15-/m1/s1. The van der Waals surface area contributed by atoms with E-state index in [-0.39, 0.29) is 18.2 Å². The molecule has 1 saturated carbocycles. The lowest BCUT2D eigenvalue weighted by Crippen LogP contribution is -2.48. The van der Waals surface area contributed by atoms with Crippen LogP contribution in [0.3, 0.4) is 0 Å². The number of hydrogen-bond acceptors (Lipinski definition) is 5. The van der Waals surface area contributed by atoms with Crippen molar-refractivity contribution in [2.75, 3.05) is 13.7 Å². The van der Waals surface area contributed by atoms with Gasteiger partial charge in [0.15, 0.2) is 18.2 Å². The Morgan fingerprint density at radius 2 is 1.96 bits per heavy atom. The van der Waals surface area contributed by atoms with E-state index in [1.807, 2.05) is 0 Å². The third-order valence-corrected chi connectivity index (χ3v) is 4.61. The molecular weight excluding hydrogens is 355 g/mol. The van der Waals surface area contributed by atoms with Crippen molar-refractivity contribution >= 4 is 17.9 Å². The average molecular weight is 380 g/mol. The molecule has 148 valence electrons. The lowest BCUT2D eigenvalue weighted by Gasteiger charge is -2.29. The Hall–Kier alpha value is -2.64. The summed E-state index contributed by atoms with van der Waals surface area (Å²) in [5.74, 6) is -1.57. The second-order valence-corrected chi connectivity index (χ2v) is 6.70. The number of nitrogens with one attached hydrogen (secondary N) is 2. The smallest absolute Gasteiger partial charge is 0.321 e. The molecule has 0 saturated heterocycles. The number of methoxy groups -OCH3 is 1. The molecule has 3 amide bonds. The minimum absolute atomic E-state index is 0.0408. The van der Waals surface area contributed by atoms with E-state index in [0.717, 1.165) is 25.7 Å². The Morgan fingerprint density at radius 1 is 1.22 bits per heavy atom. The molecule has 1 aromatic rings. The number of hydrogen-bond donors (Lipinski definition) is 2. The highest BCUT2D eigenvalue weighted by molar-refractivity contribution is 5.95. The summed E-state index contributed by atoms with van der Waals surface area (Å²) in [7, 11) is 1.34. The maximum absolute atomic E-state index is 13.6. The number of carbonyl (C=O) groups excluding carboxylic acids is 3. The number of benzene rings is 1. The first-order valence-corrected chi connectivity index (χ1v) is 8.97. The normalized spacial score (nSPS) is 19.1. The van der Waals surface area contributed by atoms with Crippen LogP contribution in [0.25, 0.3) is 0 Å². The van der Waals surface area contributed by atoms with Crippen molar-refractivity contribution < 1.29 is 28.2 Å².